The Morgan fingerprint density at radius 2 is 0.723 bits per heavy atom. The SMILES string of the molecule is C=CCN(CC=C)c1ccc(-c2cc(N)c(-c3ccc(N(CC=C)CC=C)cc3)c(-c3ccc(N(CC=C)CC=C)cc3)c2N)cc1. The zero-order chi connectivity index (χ0) is 33.8. The van der Waals surface area contributed by atoms with Gasteiger partial charge < -0.3 is 26.2 Å². The first-order chi connectivity index (χ1) is 22.9. The minimum atomic E-state index is 0.652. The molecule has 0 unspecified atom stereocenters. The predicted molar refractivity (Wildman–Crippen MR) is 209 cm³/mol. The second kappa shape index (κ2) is 16.6. The summed E-state index contributed by atoms with van der Waals surface area (Å²) in [6, 6.07) is 27.3. The molecule has 0 aliphatic carbocycles. The van der Waals surface area contributed by atoms with Gasteiger partial charge in [0.05, 0.1) is 0 Å². The fraction of sp³-hybridized carbons (Fsp3) is 0.143. The van der Waals surface area contributed by atoms with Crippen LogP contribution >= 0.6 is 0 Å². The largest absolute Gasteiger partial charge is 0.398 e. The second-order valence-electron chi connectivity index (χ2n) is 11.3. The summed E-state index contributed by atoms with van der Waals surface area (Å²) in [5.74, 6) is 0. The van der Waals surface area contributed by atoms with E-state index in [1.807, 2.05) is 42.5 Å². The molecule has 0 spiro atoms. The summed E-state index contributed by atoms with van der Waals surface area (Å²) in [6.07, 6.45) is 11.4. The molecular weight excluding hydrogens is 574 g/mol. The molecule has 4 N–H and O–H groups in total. The van der Waals surface area contributed by atoms with Gasteiger partial charge in [0.25, 0.3) is 0 Å². The first kappa shape index (κ1) is 34.2. The molecule has 0 bridgehead atoms. The molecular formula is C42H47N5. The molecule has 0 aliphatic rings. The molecule has 47 heavy (non-hydrogen) atoms. The fourth-order valence-corrected chi connectivity index (χ4v) is 5.89. The second-order valence-corrected chi connectivity index (χ2v) is 11.3. The molecule has 0 atom stereocenters. The summed E-state index contributed by atoms with van der Waals surface area (Å²) in [4.78, 5) is 6.62. The summed E-state index contributed by atoms with van der Waals surface area (Å²) in [5.41, 5.74) is 24.3. The molecule has 4 aromatic carbocycles. The van der Waals surface area contributed by atoms with Crippen LogP contribution in [-0.2, 0) is 0 Å². The zero-order valence-corrected chi connectivity index (χ0v) is 27.5. The number of rotatable bonds is 18. The fourth-order valence-electron chi connectivity index (χ4n) is 5.89. The maximum absolute atomic E-state index is 7.14. The Hall–Kier alpha value is -5.68. The molecule has 4 rings (SSSR count). The van der Waals surface area contributed by atoms with Crippen LogP contribution in [0.15, 0.2) is 155 Å². The van der Waals surface area contributed by atoms with E-state index >= 15 is 0 Å². The van der Waals surface area contributed by atoms with Crippen molar-refractivity contribution in [2.45, 2.75) is 0 Å². The molecule has 0 amide bonds. The molecule has 240 valence electrons. The lowest BCUT2D eigenvalue weighted by molar-refractivity contribution is 0.957. The minimum absolute atomic E-state index is 0.652. The number of anilines is 5. The first-order valence-corrected chi connectivity index (χ1v) is 15.8. The van der Waals surface area contributed by atoms with E-state index in [4.69, 9.17) is 11.5 Å². The zero-order valence-electron chi connectivity index (χ0n) is 27.5. The van der Waals surface area contributed by atoms with E-state index < -0.39 is 0 Å². The third-order valence-corrected chi connectivity index (χ3v) is 8.08. The van der Waals surface area contributed by atoms with Gasteiger partial charge in [-0.05, 0) is 59.2 Å². The molecule has 5 nitrogen and oxygen atoms in total. The highest BCUT2D eigenvalue weighted by Gasteiger charge is 2.20. The first-order valence-electron chi connectivity index (χ1n) is 15.8. The van der Waals surface area contributed by atoms with Gasteiger partial charge in [-0.15, -0.1) is 39.5 Å². The standard InChI is InChI=1S/C42H47N5/c1-7-25-45(26-8-2)35-19-13-32(14-20-35)38-31-39(43)40(33-15-21-36(22-16-33)46(27-9-3)28-10-4)41(42(38)44)34-17-23-37(24-18-34)47(29-11-5)30-12-6/h7-24,31H,1-6,25-30,43-44H2. The summed E-state index contributed by atoms with van der Waals surface area (Å²) in [7, 11) is 0. The molecule has 0 saturated carbocycles. The molecule has 0 aromatic heterocycles. The maximum atomic E-state index is 7.14. The topological polar surface area (TPSA) is 61.8 Å². The van der Waals surface area contributed by atoms with Crippen LogP contribution in [0.4, 0.5) is 28.4 Å². The highest BCUT2D eigenvalue weighted by atomic mass is 15.1. The van der Waals surface area contributed by atoms with E-state index in [1.165, 1.54) is 0 Å². The highest BCUT2D eigenvalue weighted by molar-refractivity contribution is 6.03. The van der Waals surface area contributed by atoms with Crippen molar-refractivity contribution in [2.24, 2.45) is 0 Å². The Kier molecular flexibility index (Phi) is 12.1. The van der Waals surface area contributed by atoms with Crippen molar-refractivity contribution in [1.82, 2.24) is 0 Å². The van der Waals surface area contributed by atoms with Gasteiger partial charge in [-0.2, -0.15) is 0 Å². The Morgan fingerprint density at radius 1 is 0.426 bits per heavy atom. The maximum Gasteiger partial charge on any atom is 0.0481 e. The van der Waals surface area contributed by atoms with Crippen LogP contribution in [0.25, 0.3) is 33.4 Å². The van der Waals surface area contributed by atoms with E-state index in [0.29, 0.717) is 11.4 Å². The molecule has 0 saturated heterocycles. The number of nitrogens with zero attached hydrogens (tertiary/aromatic N) is 3. The van der Waals surface area contributed by atoms with Crippen LogP contribution < -0.4 is 26.2 Å². The van der Waals surface area contributed by atoms with Crippen LogP contribution in [0, 0.1) is 0 Å². The molecule has 0 heterocycles. The predicted octanol–water partition coefficient (Wildman–Crippen LogP) is 9.39. The van der Waals surface area contributed by atoms with Crippen molar-refractivity contribution in [2.75, 3.05) is 65.4 Å². The number of hydrogen-bond donors (Lipinski definition) is 2. The van der Waals surface area contributed by atoms with Gasteiger partial charge in [0.15, 0.2) is 0 Å². The van der Waals surface area contributed by atoms with Gasteiger partial charge in [-0.1, -0.05) is 72.9 Å². The van der Waals surface area contributed by atoms with E-state index in [9.17, 15) is 0 Å². The molecule has 5 heteroatoms. The van der Waals surface area contributed by atoms with Gasteiger partial charge in [0.2, 0.25) is 0 Å². The lowest BCUT2D eigenvalue weighted by Gasteiger charge is -2.24. The Balaban J connectivity index is 1.87. The summed E-state index contributed by atoms with van der Waals surface area (Å²) in [5, 5.41) is 0. The quantitative estimate of drug-likeness (QED) is 0.0856. The molecule has 0 aliphatic heterocycles. The van der Waals surface area contributed by atoms with Crippen molar-refractivity contribution < 1.29 is 0 Å². The van der Waals surface area contributed by atoms with E-state index in [0.717, 1.165) is 89.7 Å². The monoisotopic (exact) mass is 621 g/mol. The highest BCUT2D eigenvalue weighted by Crippen LogP contribution is 2.46. The average molecular weight is 622 g/mol. The number of hydrogen-bond acceptors (Lipinski definition) is 5. The average Bonchev–Trinajstić information content (AvgIpc) is 3.09. The van der Waals surface area contributed by atoms with E-state index in [1.54, 1.807) is 0 Å². The molecule has 0 radical (unpaired) electrons. The molecule has 4 aromatic rings. The summed E-state index contributed by atoms with van der Waals surface area (Å²) in [6.45, 7) is 27.8. The Labute approximate surface area is 281 Å². The summed E-state index contributed by atoms with van der Waals surface area (Å²) >= 11 is 0. The van der Waals surface area contributed by atoms with Crippen LogP contribution in [0.5, 0.6) is 0 Å². The summed E-state index contributed by atoms with van der Waals surface area (Å²) < 4.78 is 0. The van der Waals surface area contributed by atoms with Crippen molar-refractivity contribution in [3.63, 3.8) is 0 Å². The van der Waals surface area contributed by atoms with Crippen LogP contribution in [0.1, 0.15) is 0 Å². The van der Waals surface area contributed by atoms with Crippen molar-refractivity contribution in [3.8, 4) is 33.4 Å². The lowest BCUT2D eigenvalue weighted by Crippen LogP contribution is -2.22. The Bertz CT molecular complexity index is 1670. The van der Waals surface area contributed by atoms with Gasteiger partial charge in [-0.25, -0.2) is 0 Å². The number of nitrogens with two attached hydrogens (primary N) is 2. The van der Waals surface area contributed by atoms with Crippen LogP contribution in [0.3, 0.4) is 0 Å². The number of nitrogen functional groups attached to an aromatic ring is 2. The van der Waals surface area contributed by atoms with Gasteiger partial charge in [0, 0.05) is 84.4 Å². The third kappa shape index (κ3) is 7.95. The smallest absolute Gasteiger partial charge is 0.0481 e. The Morgan fingerprint density at radius 3 is 1.04 bits per heavy atom. The van der Waals surface area contributed by atoms with Gasteiger partial charge in [0.1, 0.15) is 0 Å². The van der Waals surface area contributed by atoms with Crippen molar-refractivity contribution in [1.29, 1.82) is 0 Å². The van der Waals surface area contributed by atoms with Gasteiger partial charge >= 0.3 is 0 Å². The van der Waals surface area contributed by atoms with E-state index in [2.05, 4.69) is 127 Å². The normalized spacial score (nSPS) is 10.5. The van der Waals surface area contributed by atoms with Crippen LogP contribution in [0.2, 0.25) is 0 Å². The van der Waals surface area contributed by atoms with Gasteiger partial charge in [-0.3, -0.25) is 0 Å². The van der Waals surface area contributed by atoms with E-state index in [-0.39, 0.29) is 0 Å². The minimum Gasteiger partial charge on any atom is -0.398 e. The third-order valence-electron chi connectivity index (χ3n) is 8.08. The lowest BCUT2D eigenvalue weighted by atomic mass is 9.87. The molecule has 0 fully saturated rings. The number of benzene rings is 4. The van der Waals surface area contributed by atoms with Crippen molar-refractivity contribution >= 4 is 28.4 Å². The van der Waals surface area contributed by atoms with Crippen LogP contribution in [-0.4, -0.2) is 39.3 Å². The van der Waals surface area contributed by atoms with Crippen molar-refractivity contribution in [3.05, 3.63) is 155 Å².